The first-order valence-electron chi connectivity index (χ1n) is 12.4. The average Bonchev–Trinajstić information content (AvgIpc) is 2.73. The lowest BCUT2D eigenvalue weighted by Crippen LogP contribution is -2.26. The van der Waals surface area contributed by atoms with E-state index in [1.54, 1.807) is 18.4 Å². The maximum absolute atomic E-state index is 2.39. The summed E-state index contributed by atoms with van der Waals surface area (Å²) in [7, 11) is 0. The van der Waals surface area contributed by atoms with Crippen LogP contribution in [0.25, 0.3) is 0 Å². The van der Waals surface area contributed by atoms with E-state index < -0.39 is 0 Å². The molecule has 2 fully saturated rings. The SMILES string of the molecule is CCCCc1ccc(CCC2CCC(C3CCC(CCC)CC3)CC2)cc1. The quantitative estimate of drug-likeness (QED) is 0.410. The fraction of sp³-hybridized carbons (Fsp3) is 0.778. The van der Waals surface area contributed by atoms with Gasteiger partial charge in [-0.05, 0) is 86.2 Å². The lowest BCUT2D eigenvalue weighted by Gasteiger charge is -2.38. The summed E-state index contributed by atoms with van der Waals surface area (Å²) in [5.41, 5.74) is 3.08. The van der Waals surface area contributed by atoms with Crippen molar-refractivity contribution in [3.8, 4) is 0 Å². The number of aryl methyl sites for hydroxylation is 2. The predicted octanol–water partition coefficient (Wildman–Crippen LogP) is 8.37. The number of unbranched alkanes of at least 4 members (excludes halogenated alkanes) is 1. The van der Waals surface area contributed by atoms with Gasteiger partial charge in [-0.25, -0.2) is 0 Å². The zero-order valence-corrected chi connectivity index (χ0v) is 18.2. The molecule has 27 heavy (non-hydrogen) atoms. The van der Waals surface area contributed by atoms with E-state index in [2.05, 4.69) is 38.1 Å². The molecule has 1 aromatic carbocycles. The first-order chi connectivity index (χ1) is 13.3. The third-order valence-electron chi connectivity index (χ3n) is 7.83. The van der Waals surface area contributed by atoms with Gasteiger partial charge in [0.15, 0.2) is 0 Å². The summed E-state index contributed by atoms with van der Waals surface area (Å²) in [6.07, 6.45) is 21.7. The van der Waals surface area contributed by atoms with Crippen molar-refractivity contribution in [3.05, 3.63) is 35.4 Å². The van der Waals surface area contributed by atoms with Crippen LogP contribution in [0.2, 0.25) is 0 Å². The lowest BCUT2D eigenvalue weighted by atomic mass is 9.68. The van der Waals surface area contributed by atoms with E-state index >= 15 is 0 Å². The predicted molar refractivity (Wildman–Crippen MR) is 119 cm³/mol. The topological polar surface area (TPSA) is 0 Å². The van der Waals surface area contributed by atoms with Crippen LogP contribution in [0, 0.1) is 23.7 Å². The minimum Gasteiger partial charge on any atom is -0.0654 e. The van der Waals surface area contributed by atoms with Gasteiger partial charge in [-0.1, -0.05) is 83.1 Å². The Kier molecular flexibility index (Phi) is 8.75. The third kappa shape index (κ3) is 6.65. The molecule has 0 radical (unpaired) electrons. The molecule has 0 heterocycles. The Bertz CT molecular complexity index is 497. The highest BCUT2D eigenvalue weighted by Gasteiger charge is 2.30. The number of hydrogen-bond donors (Lipinski definition) is 0. The molecular weight excluding hydrogens is 324 g/mol. The van der Waals surface area contributed by atoms with E-state index in [4.69, 9.17) is 0 Å². The second-order valence-electron chi connectivity index (χ2n) is 9.81. The molecule has 0 atom stereocenters. The van der Waals surface area contributed by atoms with Crippen molar-refractivity contribution in [2.24, 2.45) is 23.7 Å². The molecule has 0 spiro atoms. The van der Waals surface area contributed by atoms with Gasteiger partial charge in [0.2, 0.25) is 0 Å². The normalized spacial score (nSPS) is 29.0. The van der Waals surface area contributed by atoms with Gasteiger partial charge >= 0.3 is 0 Å². The lowest BCUT2D eigenvalue weighted by molar-refractivity contribution is 0.141. The molecule has 0 aliphatic heterocycles. The second kappa shape index (κ2) is 11.3. The van der Waals surface area contributed by atoms with Crippen molar-refractivity contribution in [1.29, 1.82) is 0 Å². The number of rotatable bonds is 9. The van der Waals surface area contributed by atoms with E-state index in [9.17, 15) is 0 Å². The highest BCUT2D eigenvalue weighted by atomic mass is 14.4. The van der Waals surface area contributed by atoms with Crippen LogP contribution in [0.4, 0.5) is 0 Å². The van der Waals surface area contributed by atoms with Crippen LogP contribution < -0.4 is 0 Å². The van der Waals surface area contributed by atoms with Gasteiger partial charge in [0.1, 0.15) is 0 Å². The van der Waals surface area contributed by atoms with Gasteiger partial charge in [-0.3, -0.25) is 0 Å². The zero-order chi connectivity index (χ0) is 18.9. The molecule has 0 N–H and O–H groups in total. The Morgan fingerprint density at radius 3 is 1.56 bits per heavy atom. The first kappa shape index (κ1) is 20.9. The van der Waals surface area contributed by atoms with Crippen LogP contribution in [0.1, 0.15) is 108 Å². The maximum Gasteiger partial charge on any atom is -0.0276 e. The fourth-order valence-corrected chi connectivity index (χ4v) is 5.93. The van der Waals surface area contributed by atoms with Crippen LogP contribution in [0.15, 0.2) is 24.3 Å². The molecule has 0 bridgehead atoms. The molecule has 0 amide bonds. The molecule has 1 aromatic rings. The largest absolute Gasteiger partial charge is 0.0654 e. The third-order valence-corrected chi connectivity index (χ3v) is 7.83. The Morgan fingerprint density at radius 1 is 0.593 bits per heavy atom. The molecule has 0 aromatic heterocycles. The minimum atomic E-state index is 0.998. The molecule has 0 unspecified atom stereocenters. The highest BCUT2D eigenvalue weighted by molar-refractivity contribution is 5.22. The van der Waals surface area contributed by atoms with Gasteiger partial charge in [0.05, 0.1) is 0 Å². The molecule has 0 saturated heterocycles. The Labute approximate surface area is 169 Å². The standard InChI is InChI=1S/C27H44/c1-3-5-7-23-8-10-24(11-9-23)12-13-25-16-20-27(21-17-25)26-18-14-22(6-4-2)15-19-26/h8-11,22,25-27H,3-7,12-21H2,1-2H3. The maximum atomic E-state index is 2.39. The average molecular weight is 369 g/mol. The van der Waals surface area contributed by atoms with Crippen LogP contribution in [0.5, 0.6) is 0 Å². The minimum absolute atomic E-state index is 0.998. The smallest absolute Gasteiger partial charge is 0.0276 e. The Morgan fingerprint density at radius 2 is 1.07 bits per heavy atom. The number of benzene rings is 1. The van der Waals surface area contributed by atoms with Gasteiger partial charge in [-0.15, -0.1) is 0 Å². The summed E-state index contributed by atoms with van der Waals surface area (Å²) in [5.74, 6) is 4.21. The van der Waals surface area contributed by atoms with Crippen molar-refractivity contribution >= 4 is 0 Å². The first-order valence-corrected chi connectivity index (χ1v) is 12.4. The molecule has 2 aliphatic rings. The van der Waals surface area contributed by atoms with Crippen molar-refractivity contribution in [2.45, 2.75) is 110 Å². The molecule has 3 rings (SSSR count). The van der Waals surface area contributed by atoms with Gasteiger partial charge < -0.3 is 0 Å². The Hall–Kier alpha value is -0.780. The highest BCUT2D eigenvalue weighted by Crippen LogP contribution is 2.42. The van der Waals surface area contributed by atoms with Crippen molar-refractivity contribution in [3.63, 3.8) is 0 Å². The van der Waals surface area contributed by atoms with Crippen molar-refractivity contribution in [1.82, 2.24) is 0 Å². The summed E-state index contributed by atoms with van der Waals surface area (Å²) >= 11 is 0. The van der Waals surface area contributed by atoms with Gasteiger partial charge in [0.25, 0.3) is 0 Å². The van der Waals surface area contributed by atoms with E-state index in [0.717, 1.165) is 23.7 Å². The second-order valence-corrected chi connectivity index (χ2v) is 9.81. The summed E-state index contributed by atoms with van der Waals surface area (Å²) in [6.45, 7) is 4.63. The summed E-state index contributed by atoms with van der Waals surface area (Å²) in [5, 5.41) is 0. The Balaban J connectivity index is 1.34. The summed E-state index contributed by atoms with van der Waals surface area (Å²) < 4.78 is 0. The zero-order valence-electron chi connectivity index (χ0n) is 18.2. The molecular formula is C27H44. The van der Waals surface area contributed by atoms with Gasteiger partial charge in [0, 0.05) is 0 Å². The summed E-state index contributed by atoms with van der Waals surface area (Å²) in [4.78, 5) is 0. The van der Waals surface area contributed by atoms with Crippen molar-refractivity contribution in [2.75, 3.05) is 0 Å². The van der Waals surface area contributed by atoms with E-state index in [1.807, 2.05) is 0 Å². The fourth-order valence-electron chi connectivity index (χ4n) is 5.93. The monoisotopic (exact) mass is 368 g/mol. The van der Waals surface area contributed by atoms with Crippen molar-refractivity contribution < 1.29 is 0 Å². The van der Waals surface area contributed by atoms with E-state index in [0.29, 0.717) is 0 Å². The molecule has 2 saturated carbocycles. The molecule has 0 heteroatoms. The van der Waals surface area contributed by atoms with E-state index in [-0.39, 0.29) is 0 Å². The molecule has 152 valence electrons. The molecule has 2 aliphatic carbocycles. The van der Waals surface area contributed by atoms with Crippen LogP contribution in [0.3, 0.4) is 0 Å². The van der Waals surface area contributed by atoms with Crippen LogP contribution in [-0.4, -0.2) is 0 Å². The van der Waals surface area contributed by atoms with Gasteiger partial charge in [-0.2, -0.15) is 0 Å². The number of hydrogen-bond acceptors (Lipinski definition) is 0. The summed E-state index contributed by atoms with van der Waals surface area (Å²) in [6, 6.07) is 9.53. The van der Waals surface area contributed by atoms with E-state index in [1.165, 1.54) is 89.0 Å². The van der Waals surface area contributed by atoms with Crippen LogP contribution in [-0.2, 0) is 12.8 Å². The molecule has 0 nitrogen and oxygen atoms in total. The van der Waals surface area contributed by atoms with Crippen LogP contribution >= 0.6 is 0 Å².